The van der Waals surface area contributed by atoms with Gasteiger partial charge >= 0.3 is 0 Å². The van der Waals surface area contributed by atoms with E-state index in [0.29, 0.717) is 0 Å². The van der Waals surface area contributed by atoms with Crippen molar-refractivity contribution in [1.29, 1.82) is 0 Å². The van der Waals surface area contributed by atoms with Crippen LogP contribution in [0.4, 0.5) is 0 Å². The van der Waals surface area contributed by atoms with Crippen molar-refractivity contribution in [3.05, 3.63) is 36.2 Å². The Morgan fingerprint density at radius 2 is 2.33 bits per heavy atom. The van der Waals surface area contributed by atoms with E-state index in [0.717, 1.165) is 24.1 Å². The molecular weight excluding hydrogens is 186 g/mol. The fourth-order valence-electron chi connectivity index (χ4n) is 2.11. The first-order valence-corrected chi connectivity index (χ1v) is 5.14. The minimum atomic E-state index is 1.02. The number of fused-ring (bicyclic) bond motifs is 1. The zero-order valence-corrected chi connectivity index (χ0v) is 8.70. The van der Waals surface area contributed by atoms with Crippen molar-refractivity contribution in [2.75, 3.05) is 20.1 Å². The first-order valence-electron chi connectivity index (χ1n) is 5.14. The number of hydrogen-bond donors (Lipinski definition) is 1. The van der Waals surface area contributed by atoms with E-state index < -0.39 is 0 Å². The van der Waals surface area contributed by atoms with Gasteiger partial charge in [0.25, 0.3) is 0 Å². The molecular formula is C12H13N3. The highest BCUT2D eigenvalue weighted by Gasteiger charge is 2.14. The minimum Gasteiger partial charge on any atom is -0.345 e. The number of nitrogens with zero attached hydrogens (tertiary/aromatic N) is 2. The Morgan fingerprint density at radius 3 is 3.13 bits per heavy atom. The van der Waals surface area contributed by atoms with E-state index in [2.05, 4.69) is 46.2 Å². The Balaban J connectivity index is 2.15. The number of rotatable bonds is 1. The summed E-state index contributed by atoms with van der Waals surface area (Å²) < 4.78 is 0. The lowest BCUT2D eigenvalue weighted by Gasteiger charge is -2.08. The van der Waals surface area contributed by atoms with Gasteiger partial charge in [-0.05, 0) is 18.7 Å². The molecule has 76 valence electrons. The molecule has 3 heteroatoms. The van der Waals surface area contributed by atoms with Crippen molar-refractivity contribution < 1.29 is 0 Å². The molecule has 2 aromatic rings. The summed E-state index contributed by atoms with van der Waals surface area (Å²) in [6, 6.07) is 6.29. The number of likely N-dealkylation sites (N-methyl/N-ethyl adjacent to an activating group) is 1. The summed E-state index contributed by atoms with van der Waals surface area (Å²) in [4.78, 5) is 9.81. The third kappa shape index (κ3) is 1.36. The molecule has 0 atom stereocenters. The molecule has 0 unspecified atom stereocenters. The van der Waals surface area contributed by atoms with Crippen LogP contribution in [-0.2, 0) is 0 Å². The van der Waals surface area contributed by atoms with Crippen LogP contribution in [0.5, 0.6) is 0 Å². The lowest BCUT2D eigenvalue weighted by Crippen LogP contribution is -2.13. The van der Waals surface area contributed by atoms with Crippen LogP contribution in [0.25, 0.3) is 16.6 Å². The molecule has 3 rings (SSSR count). The molecule has 1 aromatic carbocycles. The van der Waals surface area contributed by atoms with E-state index in [1.54, 1.807) is 6.33 Å². The molecule has 0 aliphatic carbocycles. The van der Waals surface area contributed by atoms with Crippen LogP contribution in [0.2, 0.25) is 0 Å². The van der Waals surface area contributed by atoms with Gasteiger partial charge in [-0.15, -0.1) is 0 Å². The van der Waals surface area contributed by atoms with Gasteiger partial charge in [-0.3, -0.25) is 4.90 Å². The number of aromatic amines is 1. The average molecular weight is 199 g/mol. The molecule has 1 aliphatic rings. The highest BCUT2D eigenvalue weighted by Crippen LogP contribution is 2.25. The fraction of sp³-hybridized carbons (Fsp3) is 0.250. The molecule has 2 heterocycles. The standard InChI is InChI=1S/C12H13N3/c1-15-6-5-9(7-15)10-3-2-4-11-12(10)14-8-13-11/h2-5,8H,6-7H2,1H3,(H,13,14). The van der Waals surface area contributed by atoms with Gasteiger partial charge in [-0.2, -0.15) is 0 Å². The molecule has 1 aliphatic heterocycles. The van der Waals surface area contributed by atoms with Gasteiger partial charge in [0, 0.05) is 18.7 Å². The Labute approximate surface area is 88.4 Å². The van der Waals surface area contributed by atoms with E-state index in [-0.39, 0.29) is 0 Å². The van der Waals surface area contributed by atoms with E-state index in [9.17, 15) is 0 Å². The Kier molecular flexibility index (Phi) is 1.86. The zero-order chi connectivity index (χ0) is 10.3. The van der Waals surface area contributed by atoms with Crippen molar-refractivity contribution in [2.24, 2.45) is 0 Å². The molecule has 0 saturated heterocycles. The van der Waals surface area contributed by atoms with E-state index in [4.69, 9.17) is 0 Å². The zero-order valence-electron chi connectivity index (χ0n) is 8.70. The quantitative estimate of drug-likeness (QED) is 0.760. The molecule has 0 spiro atoms. The first-order chi connectivity index (χ1) is 7.34. The summed E-state index contributed by atoms with van der Waals surface area (Å²) >= 11 is 0. The molecule has 1 N–H and O–H groups in total. The van der Waals surface area contributed by atoms with Crippen LogP contribution in [-0.4, -0.2) is 35.0 Å². The van der Waals surface area contributed by atoms with Crippen LogP contribution >= 0.6 is 0 Å². The maximum atomic E-state index is 4.37. The normalized spacial score (nSPS) is 17.3. The second kappa shape index (κ2) is 3.21. The average Bonchev–Trinajstić information content (AvgIpc) is 2.84. The largest absolute Gasteiger partial charge is 0.345 e. The summed E-state index contributed by atoms with van der Waals surface area (Å²) in [5.41, 5.74) is 4.84. The van der Waals surface area contributed by atoms with E-state index >= 15 is 0 Å². The van der Waals surface area contributed by atoms with Gasteiger partial charge in [-0.25, -0.2) is 4.98 Å². The van der Waals surface area contributed by atoms with Crippen LogP contribution in [0.3, 0.4) is 0 Å². The highest BCUT2D eigenvalue weighted by atomic mass is 15.1. The van der Waals surface area contributed by atoms with Crippen LogP contribution in [0.15, 0.2) is 30.6 Å². The van der Waals surface area contributed by atoms with E-state index in [1.807, 2.05) is 0 Å². The SMILES string of the molecule is CN1CC=C(c2cccc3[nH]cnc23)C1. The van der Waals surface area contributed by atoms with Gasteiger partial charge in [0.15, 0.2) is 0 Å². The summed E-state index contributed by atoms with van der Waals surface area (Å²) in [5.74, 6) is 0. The van der Waals surface area contributed by atoms with Gasteiger partial charge < -0.3 is 4.98 Å². The van der Waals surface area contributed by atoms with Crippen molar-refractivity contribution in [3.8, 4) is 0 Å². The fourth-order valence-corrected chi connectivity index (χ4v) is 2.11. The van der Waals surface area contributed by atoms with Crippen LogP contribution in [0.1, 0.15) is 5.56 Å². The Hall–Kier alpha value is -1.61. The Morgan fingerprint density at radius 1 is 1.40 bits per heavy atom. The van der Waals surface area contributed by atoms with Crippen molar-refractivity contribution in [2.45, 2.75) is 0 Å². The lowest BCUT2D eigenvalue weighted by molar-refractivity contribution is 0.439. The van der Waals surface area contributed by atoms with Crippen molar-refractivity contribution in [3.63, 3.8) is 0 Å². The third-order valence-electron chi connectivity index (χ3n) is 2.89. The topological polar surface area (TPSA) is 31.9 Å². The number of imidazole rings is 1. The second-order valence-corrected chi connectivity index (χ2v) is 4.03. The van der Waals surface area contributed by atoms with E-state index in [1.165, 1.54) is 11.1 Å². The molecule has 0 fully saturated rings. The van der Waals surface area contributed by atoms with Crippen molar-refractivity contribution in [1.82, 2.24) is 14.9 Å². The maximum Gasteiger partial charge on any atom is 0.0957 e. The molecule has 0 saturated carbocycles. The number of hydrogen-bond acceptors (Lipinski definition) is 2. The first kappa shape index (κ1) is 8.68. The number of aromatic nitrogens is 2. The summed E-state index contributed by atoms with van der Waals surface area (Å²) in [6.45, 7) is 2.06. The molecule has 0 radical (unpaired) electrons. The lowest BCUT2D eigenvalue weighted by atomic mass is 10.1. The summed E-state index contributed by atoms with van der Waals surface area (Å²) in [6.07, 6.45) is 4.04. The summed E-state index contributed by atoms with van der Waals surface area (Å²) in [5, 5.41) is 0. The molecule has 3 nitrogen and oxygen atoms in total. The summed E-state index contributed by atoms with van der Waals surface area (Å²) in [7, 11) is 2.13. The maximum absolute atomic E-state index is 4.37. The smallest absolute Gasteiger partial charge is 0.0957 e. The van der Waals surface area contributed by atoms with Gasteiger partial charge in [0.1, 0.15) is 0 Å². The van der Waals surface area contributed by atoms with Crippen molar-refractivity contribution >= 4 is 16.6 Å². The van der Waals surface area contributed by atoms with Crippen LogP contribution in [0, 0.1) is 0 Å². The predicted molar refractivity (Wildman–Crippen MR) is 61.6 cm³/mol. The molecule has 0 amide bonds. The highest BCUT2D eigenvalue weighted by molar-refractivity contribution is 5.89. The Bertz CT molecular complexity index is 524. The number of para-hydroxylation sites is 1. The minimum absolute atomic E-state index is 1.02. The number of H-pyrrole nitrogens is 1. The molecule has 1 aromatic heterocycles. The second-order valence-electron chi connectivity index (χ2n) is 4.03. The number of benzene rings is 1. The van der Waals surface area contributed by atoms with Gasteiger partial charge in [0.05, 0.1) is 17.4 Å². The molecule has 15 heavy (non-hydrogen) atoms. The van der Waals surface area contributed by atoms with Gasteiger partial charge in [-0.1, -0.05) is 18.2 Å². The molecule has 0 bridgehead atoms. The predicted octanol–water partition coefficient (Wildman–Crippen LogP) is 1.89. The third-order valence-corrected chi connectivity index (χ3v) is 2.89. The monoisotopic (exact) mass is 199 g/mol. The van der Waals surface area contributed by atoms with Crippen LogP contribution < -0.4 is 0 Å². The number of nitrogens with one attached hydrogen (secondary N) is 1. The van der Waals surface area contributed by atoms with Gasteiger partial charge in [0.2, 0.25) is 0 Å².